The van der Waals surface area contributed by atoms with Gasteiger partial charge >= 0.3 is 5.97 Å². The molecule has 2 atom stereocenters. The van der Waals surface area contributed by atoms with Crippen LogP contribution in [0.5, 0.6) is 0 Å². The van der Waals surface area contributed by atoms with Gasteiger partial charge in [0.2, 0.25) is 0 Å². The number of nitrogens with one attached hydrogen (secondary N) is 1. The highest BCUT2D eigenvalue weighted by Crippen LogP contribution is 2.42. The van der Waals surface area contributed by atoms with Crippen LogP contribution in [0.4, 0.5) is 5.13 Å². The Morgan fingerprint density at radius 3 is 2.74 bits per heavy atom. The first-order valence-corrected chi connectivity index (χ1v) is 14.8. The second-order valence-electron chi connectivity index (χ2n) is 6.77. The number of fused-ring (bicyclic) bond motifs is 1. The van der Waals surface area contributed by atoms with Gasteiger partial charge in [-0.1, -0.05) is 53.4 Å². The quantitative estimate of drug-likeness (QED) is 0.229. The van der Waals surface area contributed by atoms with Crippen LogP contribution in [0.25, 0.3) is 5.57 Å². The maximum atomic E-state index is 12.9. The van der Waals surface area contributed by atoms with E-state index in [0.29, 0.717) is 22.8 Å². The third-order valence-electron chi connectivity index (χ3n) is 4.71. The van der Waals surface area contributed by atoms with Crippen LogP contribution in [0.15, 0.2) is 30.9 Å². The fraction of sp³-hybridized carbons (Fsp3) is 0.333. The zero-order valence-electron chi connectivity index (χ0n) is 17.4. The molecule has 2 aromatic heterocycles. The molecule has 4 N–H and O–H groups in total. The number of rotatable bonds is 9. The first-order chi connectivity index (χ1) is 16.3. The summed E-state index contributed by atoms with van der Waals surface area (Å²) >= 11 is 12.8. The summed E-state index contributed by atoms with van der Waals surface area (Å²) in [4.78, 5) is 42.9. The highest BCUT2D eigenvalue weighted by atomic mass is 35.5. The Balaban J connectivity index is 1.45. The van der Waals surface area contributed by atoms with Crippen molar-refractivity contribution in [2.75, 3.05) is 23.0 Å². The van der Waals surface area contributed by atoms with E-state index >= 15 is 0 Å². The van der Waals surface area contributed by atoms with Gasteiger partial charge < -0.3 is 16.2 Å². The van der Waals surface area contributed by atoms with Gasteiger partial charge in [0.15, 0.2) is 13.8 Å². The van der Waals surface area contributed by atoms with Crippen LogP contribution in [0.2, 0.25) is 0 Å². The molecule has 0 spiro atoms. The largest absolute Gasteiger partial charge is 0.477 e. The molecule has 0 radical (unpaired) electrons. The average Bonchev–Trinajstić information content (AvgIpc) is 3.44. The number of aromatic nitrogens is 3. The van der Waals surface area contributed by atoms with Crippen LogP contribution < -0.4 is 11.1 Å². The van der Waals surface area contributed by atoms with Gasteiger partial charge in [0.1, 0.15) is 17.1 Å². The number of anilines is 1. The van der Waals surface area contributed by atoms with Crippen molar-refractivity contribution < 1.29 is 19.5 Å². The molecule has 0 aliphatic carbocycles. The number of halogens is 1. The lowest BCUT2D eigenvalue weighted by atomic mass is 10.0. The van der Waals surface area contributed by atoms with Gasteiger partial charge in [-0.05, 0) is 11.3 Å². The van der Waals surface area contributed by atoms with Gasteiger partial charge in [-0.25, -0.2) is 9.78 Å². The van der Waals surface area contributed by atoms with Crippen molar-refractivity contribution in [1.29, 1.82) is 0 Å². The van der Waals surface area contributed by atoms with Crippen molar-refractivity contribution >= 4 is 98.0 Å². The van der Waals surface area contributed by atoms with E-state index in [1.165, 1.54) is 39.8 Å². The lowest BCUT2D eigenvalue weighted by Crippen LogP contribution is -2.70. The molecule has 1 unspecified atom stereocenters. The molecule has 0 saturated carbocycles. The number of hydrogen-bond donors (Lipinski definition) is 3. The molecular formula is C18H17ClN6O4S5. The summed E-state index contributed by atoms with van der Waals surface area (Å²) in [5, 5.41) is 22.1. The average molecular weight is 577 g/mol. The molecule has 4 heterocycles. The number of carbonyl (C=O) groups is 3. The van der Waals surface area contributed by atoms with Gasteiger partial charge in [0.25, 0.3) is 11.8 Å². The summed E-state index contributed by atoms with van der Waals surface area (Å²) in [5.74, 6) is -0.588. The van der Waals surface area contributed by atoms with E-state index in [1.807, 2.05) is 6.92 Å². The number of carboxylic acids is 1. The van der Waals surface area contributed by atoms with Crippen LogP contribution in [-0.4, -0.2) is 71.6 Å². The fourth-order valence-electron chi connectivity index (χ4n) is 3.23. The predicted molar refractivity (Wildman–Crippen MR) is 137 cm³/mol. The third-order valence-corrected chi connectivity index (χ3v) is 10.1. The number of nitrogens with zero attached hydrogens (tertiary/aromatic N) is 4. The molecule has 10 nitrogen and oxygen atoms in total. The van der Waals surface area contributed by atoms with Crippen molar-refractivity contribution in [2.24, 2.45) is 0 Å². The van der Waals surface area contributed by atoms with Crippen LogP contribution in [0.1, 0.15) is 12.6 Å². The standard InChI is InChI=1S/C18H17ClN6O4S5/c1-2-30-17-23-24-18(34-17)33-5-7-4-31-14-10(13(27)25(14)11(7)15(28)29)22-12(26)8(3-19)9-6-32-16(20)21-9/h3,6,10,14H,2,4-5H2,1H3,(H2,20,21)(H,22,26)(H,28,29)/t10?,14-/m1/s1. The fourth-order valence-corrected chi connectivity index (χ4v) is 8.41. The van der Waals surface area contributed by atoms with Crippen LogP contribution in [-0.2, 0) is 14.4 Å². The minimum absolute atomic E-state index is 0.0418. The molecule has 16 heteroatoms. The second-order valence-corrected chi connectivity index (χ2v) is 12.7. The summed E-state index contributed by atoms with van der Waals surface area (Å²) < 4.78 is 1.60. The van der Waals surface area contributed by atoms with Crippen LogP contribution >= 0.6 is 69.6 Å². The van der Waals surface area contributed by atoms with E-state index in [4.69, 9.17) is 17.3 Å². The molecular weight excluding hydrogens is 560 g/mol. The molecule has 1 fully saturated rings. The number of amides is 2. The lowest BCUT2D eigenvalue weighted by Gasteiger charge is -2.49. The van der Waals surface area contributed by atoms with E-state index in [2.05, 4.69) is 20.5 Å². The van der Waals surface area contributed by atoms with Crippen LogP contribution in [0.3, 0.4) is 0 Å². The number of β-lactam (4-membered cyclic amide) rings is 1. The van der Waals surface area contributed by atoms with Crippen molar-refractivity contribution in [3.05, 3.63) is 27.9 Å². The molecule has 2 aromatic rings. The molecule has 34 heavy (non-hydrogen) atoms. The Kier molecular flexibility index (Phi) is 8.09. The number of thioether (sulfide) groups is 3. The van der Waals surface area contributed by atoms with Crippen molar-refractivity contribution in [2.45, 2.75) is 27.0 Å². The molecule has 4 rings (SSSR count). The van der Waals surface area contributed by atoms with Gasteiger partial charge in [-0.2, -0.15) is 0 Å². The summed E-state index contributed by atoms with van der Waals surface area (Å²) in [6.45, 7) is 2.03. The summed E-state index contributed by atoms with van der Waals surface area (Å²) in [6, 6.07) is -0.875. The van der Waals surface area contributed by atoms with Crippen molar-refractivity contribution in [3.63, 3.8) is 0 Å². The maximum Gasteiger partial charge on any atom is 0.352 e. The van der Waals surface area contributed by atoms with Crippen molar-refractivity contribution in [3.8, 4) is 0 Å². The Morgan fingerprint density at radius 1 is 1.38 bits per heavy atom. The van der Waals surface area contributed by atoms with Gasteiger partial charge in [-0.3, -0.25) is 14.5 Å². The summed E-state index contributed by atoms with van der Waals surface area (Å²) in [6.07, 6.45) is 0. The molecule has 2 aliphatic rings. The number of carbonyl (C=O) groups excluding carboxylic acids is 2. The Hall–Kier alpha value is -1.78. The highest BCUT2D eigenvalue weighted by molar-refractivity contribution is 8.03. The number of nitrogens with two attached hydrogens (primary N) is 1. The first kappa shape index (κ1) is 25.3. The highest BCUT2D eigenvalue weighted by Gasteiger charge is 2.54. The molecule has 2 amide bonds. The van der Waals surface area contributed by atoms with Gasteiger partial charge in [0.05, 0.1) is 11.3 Å². The number of thiazole rings is 1. The monoisotopic (exact) mass is 576 g/mol. The maximum absolute atomic E-state index is 12.9. The molecule has 180 valence electrons. The Morgan fingerprint density at radius 2 is 2.12 bits per heavy atom. The topological polar surface area (TPSA) is 151 Å². The number of nitrogen functional groups attached to an aromatic ring is 1. The molecule has 2 aliphatic heterocycles. The van der Waals surface area contributed by atoms with E-state index in [9.17, 15) is 19.5 Å². The van der Waals surface area contributed by atoms with Crippen molar-refractivity contribution in [1.82, 2.24) is 25.4 Å². The summed E-state index contributed by atoms with van der Waals surface area (Å²) in [5.41, 5.74) is 7.66. The van der Waals surface area contributed by atoms with Gasteiger partial charge in [0, 0.05) is 22.4 Å². The third kappa shape index (κ3) is 5.09. The zero-order valence-corrected chi connectivity index (χ0v) is 22.2. The van der Waals surface area contributed by atoms with E-state index in [-0.39, 0.29) is 16.4 Å². The van der Waals surface area contributed by atoms with Crippen LogP contribution in [0, 0.1) is 0 Å². The summed E-state index contributed by atoms with van der Waals surface area (Å²) in [7, 11) is 0. The molecule has 0 bridgehead atoms. The first-order valence-electron chi connectivity index (χ1n) is 9.65. The normalized spacial score (nSPS) is 20.2. The minimum Gasteiger partial charge on any atom is -0.477 e. The van der Waals surface area contributed by atoms with Gasteiger partial charge in [-0.15, -0.1) is 33.3 Å². The minimum atomic E-state index is -1.18. The molecule has 0 aromatic carbocycles. The van der Waals surface area contributed by atoms with E-state index in [0.717, 1.165) is 31.3 Å². The smallest absolute Gasteiger partial charge is 0.352 e. The lowest BCUT2D eigenvalue weighted by molar-refractivity contribution is -0.150. The predicted octanol–water partition coefficient (Wildman–Crippen LogP) is 2.80. The SMILES string of the molecule is CCSc1nnc(SCC2=C(C(=O)O)N3C(=O)C(NC(=O)C(=CCl)c4csc(N)n4)[C@H]3SC2)s1. The molecule has 1 saturated heterocycles. The number of carboxylic acid groups (broad SMARTS) is 1. The Labute approximate surface area is 219 Å². The van der Waals surface area contributed by atoms with E-state index in [1.54, 1.807) is 17.1 Å². The second kappa shape index (κ2) is 10.9. The van der Waals surface area contributed by atoms with E-state index < -0.39 is 29.2 Å². The Bertz CT molecular complexity index is 1200. The number of hydrogen-bond acceptors (Lipinski definition) is 12. The zero-order chi connectivity index (χ0) is 24.4. The number of aliphatic carboxylic acids is 1.